The third-order valence-electron chi connectivity index (χ3n) is 4.18. The Morgan fingerprint density at radius 2 is 1.80 bits per heavy atom. The quantitative estimate of drug-likeness (QED) is 0.895. The first-order valence-corrected chi connectivity index (χ1v) is 7.63. The van der Waals surface area contributed by atoms with E-state index in [0.29, 0.717) is 11.5 Å². The van der Waals surface area contributed by atoms with Gasteiger partial charge in [-0.15, -0.1) is 0 Å². The predicted molar refractivity (Wildman–Crippen MR) is 88.8 cm³/mol. The Morgan fingerprint density at radius 3 is 2.35 bits per heavy atom. The number of hydrogen-bond acceptors (Lipinski definition) is 3. The molecule has 1 atom stereocenters. The molecule has 1 saturated heterocycles. The van der Waals surface area contributed by atoms with Crippen molar-refractivity contribution in [3.63, 3.8) is 0 Å². The molecule has 1 unspecified atom stereocenters. The van der Waals surface area contributed by atoms with Crippen molar-refractivity contribution in [3.8, 4) is 0 Å². The zero-order valence-corrected chi connectivity index (χ0v) is 13.6. The maximum atomic E-state index is 3.70. The van der Waals surface area contributed by atoms with Crippen LogP contribution in [0.15, 0.2) is 24.3 Å². The lowest BCUT2D eigenvalue weighted by Crippen LogP contribution is -2.46. The van der Waals surface area contributed by atoms with Crippen molar-refractivity contribution in [2.45, 2.75) is 33.2 Å². The predicted octanol–water partition coefficient (Wildman–Crippen LogP) is 2.97. The van der Waals surface area contributed by atoms with Crippen LogP contribution in [0, 0.1) is 5.41 Å². The van der Waals surface area contributed by atoms with E-state index < -0.39 is 0 Å². The van der Waals surface area contributed by atoms with E-state index in [1.54, 1.807) is 0 Å². The molecule has 1 aliphatic rings. The van der Waals surface area contributed by atoms with Crippen LogP contribution in [0.1, 0.15) is 27.2 Å². The second-order valence-electron chi connectivity index (χ2n) is 7.08. The number of anilines is 2. The van der Waals surface area contributed by atoms with Gasteiger partial charge in [0.1, 0.15) is 0 Å². The molecule has 1 heterocycles. The van der Waals surface area contributed by atoms with E-state index in [1.807, 2.05) is 0 Å². The lowest BCUT2D eigenvalue weighted by molar-refractivity contribution is 0.280. The van der Waals surface area contributed by atoms with Crippen LogP contribution in [-0.4, -0.2) is 39.8 Å². The lowest BCUT2D eigenvalue weighted by atomic mass is 9.86. The van der Waals surface area contributed by atoms with Crippen LogP contribution in [0.25, 0.3) is 0 Å². The van der Waals surface area contributed by atoms with E-state index in [0.717, 1.165) is 19.6 Å². The molecule has 112 valence electrons. The summed E-state index contributed by atoms with van der Waals surface area (Å²) >= 11 is 0. The molecule has 2 rings (SSSR count). The van der Waals surface area contributed by atoms with Gasteiger partial charge in [-0.2, -0.15) is 0 Å². The smallest absolute Gasteiger partial charge is 0.0368 e. The van der Waals surface area contributed by atoms with Crippen molar-refractivity contribution in [2.75, 3.05) is 43.5 Å². The second-order valence-corrected chi connectivity index (χ2v) is 7.08. The first-order chi connectivity index (χ1) is 9.38. The number of hydrogen-bond donors (Lipinski definition) is 1. The molecule has 0 spiro atoms. The fraction of sp³-hybridized carbons (Fsp3) is 0.647. The minimum Gasteiger partial charge on any atom is -0.378 e. The summed E-state index contributed by atoms with van der Waals surface area (Å²) in [7, 11) is 4.17. The summed E-state index contributed by atoms with van der Waals surface area (Å²) in [6, 6.07) is 9.46. The highest BCUT2D eigenvalue weighted by Gasteiger charge is 2.28. The molecule has 1 aromatic rings. The zero-order valence-electron chi connectivity index (χ0n) is 13.6. The average molecular weight is 275 g/mol. The summed E-state index contributed by atoms with van der Waals surface area (Å²) in [6.45, 7) is 10.3. The van der Waals surface area contributed by atoms with Crippen molar-refractivity contribution < 1.29 is 0 Å². The monoisotopic (exact) mass is 275 g/mol. The molecule has 0 saturated carbocycles. The third kappa shape index (κ3) is 3.66. The SMILES string of the molecule is CN(C)c1ccc(N2CCCNC(C(C)(C)C)C2)cc1. The zero-order chi connectivity index (χ0) is 14.8. The number of benzene rings is 1. The van der Waals surface area contributed by atoms with E-state index in [2.05, 4.69) is 74.2 Å². The number of nitrogens with zero attached hydrogens (tertiary/aromatic N) is 2. The fourth-order valence-corrected chi connectivity index (χ4v) is 2.70. The Balaban J connectivity index is 2.13. The maximum Gasteiger partial charge on any atom is 0.0368 e. The minimum absolute atomic E-state index is 0.298. The lowest BCUT2D eigenvalue weighted by Gasteiger charge is -2.34. The summed E-state index contributed by atoms with van der Waals surface area (Å²) in [6.07, 6.45) is 1.21. The molecule has 0 aromatic heterocycles. The summed E-state index contributed by atoms with van der Waals surface area (Å²) in [5.41, 5.74) is 2.90. The van der Waals surface area contributed by atoms with Gasteiger partial charge < -0.3 is 15.1 Å². The van der Waals surface area contributed by atoms with Gasteiger partial charge in [0.15, 0.2) is 0 Å². The van der Waals surface area contributed by atoms with Crippen LogP contribution in [0.4, 0.5) is 11.4 Å². The van der Waals surface area contributed by atoms with E-state index in [4.69, 9.17) is 0 Å². The standard InChI is InChI=1S/C17H29N3/c1-17(2,3)16-13-20(12-6-11-18-16)15-9-7-14(8-10-15)19(4)5/h7-10,16,18H,6,11-13H2,1-5H3. The fourth-order valence-electron chi connectivity index (χ4n) is 2.70. The topological polar surface area (TPSA) is 18.5 Å². The van der Waals surface area contributed by atoms with E-state index in [9.17, 15) is 0 Å². The Morgan fingerprint density at radius 1 is 1.15 bits per heavy atom. The normalized spacial score (nSPS) is 20.6. The highest BCUT2D eigenvalue weighted by atomic mass is 15.2. The molecular weight excluding hydrogens is 246 g/mol. The highest BCUT2D eigenvalue weighted by molar-refractivity contribution is 5.56. The van der Waals surface area contributed by atoms with Gasteiger partial charge in [0.05, 0.1) is 0 Å². The summed E-state index contributed by atoms with van der Waals surface area (Å²) in [4.78, 5) is 4.67. The molecule has 1 fully saturated rings. The van der Waals surface area contributed by atoms with Crippen molar-refractivity contribution in [1.29, 1.82) is 0 Å². The minimum atomic E-state index is 0.298. The van der Waals surface area contributed by atoms with Gasteiger partial charge in [-0.25, -0.2) is 0 Å². The van der Waals surface area contributed by atoms with Crippen molar-refractivity contribution in [3.05, 3.63) is 24.3 Å². The summed E-state index contributed by atoms with van der Waals surface area (Å²) in [5.74, 6) is 0. The van der Waals surface area contributed by atoms with Crippen LogP contribution >= 0.6 is 0 Å². The van der Waals surface area contributed by atoms with E-state index >= 15 is 0 Å². The van der Waals surface area contributed by atoms with Gasteiger partial charge in [-0.3, -0.25) is 0 Å². The molecule has 1 aliphatic heterocycles. The Bertz CT molecular complexity index is 417. The van der Waals surface area contributed by atoms with E-state index in [1.165, 1.54) is 17.8 Å². The van der Waals surface area contributed by atoms with Crippen LogP contribution in [0.5, 0.6) is 0 Å². The van der Waals surface area contributed by atoms with Gasteiger partial charge in [-0.05, 0) is 42.6 Å². The Labute approximate surface area is 124 Å². The largest absolute Gasteiger partial charge is 0.378 e. The molecular formula is C17H29N3. The van der Waals surface area contributed by atoms with Gasteiger partial charge in [0, 0.05) is 44.6 Å². The second kappa shape index (κ2) is 6.04. The first-order valence-electron chi connectivity index (χ1n) is 7.63. The van der Waals surface area contributed by atoms with Crippen molar-refractivity contribution in [2.24, 2.45) is 5.41 Å². The molecule has 20 heavy (non-hydrogen) atoms. The number of rotatable bonds is 2. The third-order valence-corrected chi connectivity index (χ3v) is 4.18. The van der Waals surface area contributed by atoms with Gasteiger partial charge in [0.25, 0.3) is 0 Å². The van der Waals surface area contributed by atoms with Crippen molar-refractivity contribution >= 4 is 11.4 Å². The van der Waals surface area contributed by atoms with Crippen LogP contribution in [0.2, 0.25) is 0 Å². The Kier molecular flexibility index (Phi) is 4.59. The first kappa shape index (κ1) is 15.2. The highest BCUT2D eigenvalue weighted by Crippen LogP contribution is 2.26. The molecule has 1 N–H and O–H groups in total. The van der Waals surface area contributed by atoms with Gasteiger partial charge >= 0.3 is 0 Å². The molecule has 0 bridgehead atoms. The van der Waals surface area contributed by atoms with Crippen molar-refractivity contribution in [1.82, 2.24) is 5.32 Å². The molecule has 3 nitrogen and oxygen atoms in total. The molecule has 0 amide bonds. The van der Waals surface area contributed by atoms with Gasteiger partial charge in [0.2, 0.25) is 0 Å². The van der Waals surface area contributed by atoms with Gasteiger partial charge in [-0.1, -0.05) is 20.8 Å². The van der Waals surface area contributed by atoms with Crippen LogP contribution < -0.4 is 15.1 Å². The molecule has 0 aliphatic carbocycles. The molecule has 0 radical (unpaired) electrons. The maximum absolute atomic E-state index is 3.70. The number of nitrogens with one attached hydrogen (secondary N) is 1. The van der Waals surface area contributed by atoms with E-state index in [-0.39, 0.29) is 0 Å². The molecule has 1 aromatic carbocycles. The summed E-state index contributed by atoms with van der Waals surface area (Å²) < 4.78 is 0. The Hall–Kier alpha value is -1.22. The summed E-state index contributed by atoms with van der Waals surface area (Å²) in [5, 5.41) is 3.70. The molecule has 3 heteroatoms. The van der Waals surface area contributed by atoms with Crippen LogP contribution in [0.3, 0.4) is 0 Å². The average Bonchev–Trinajstić information content (AvgIpc) is 2.64. The van der Waals surface area contributed by atoms with Crippen LogP contribution in [-0.2, 0) is 0 Å².